The first-order valence-corrected chi connectivity index (χ1v) is 6.41. The van der Waals surface area contributed by atoms with Gasteiger partial charge in [0.25, 0.3) is 0 Å². The van der Waals surface area contributed by atoms with Crippen molar-refractivity contribution in [2.45, 2.75) is 26.8 Å². The number of nitrogens with one attached hydrogen (secondary N) is 1. The lowest BCUT2D eigenvalue weighted by molar-refractivity contribution is -0.132. The van der Waals surface area contributed by atoms with E-state index in [-0.39, 0.29) is 5.91 Å². The van der Waals surface area contributed by atoms with Gasteiger partial charge in [-0.15, -0.1) is 0 Å². The van der Waals surface area contributed by atoms with E-state index in [1.807, 2.05) is 18.7 Å². The molecule has 0 saturated carbocycles. The van der Waals surface area contributed by atoms with Gasteiger partial charge in [-0.1, -0.05) is 12.2 Å². The summed E-state index contributed by atoms with van der Waals surface area (Å²) in [5.41, 5.74) is 1.04. The summed E-state index contributed by atoms with van der Waals surface area (Å²) in [4.78, 5) is 16.3. The van der Waals surface area contributed by atoms with E-state index >= 15 is 0 Å². The molecule has 4 nitrogen and oxygen atoms in total. The molecule has 1 atom stereocenters. The lowest BCUT2D eigenvalue weighted by atomic mass is 10.2. The van der Waals surface area contributed by atoms with Gasteiger partial charge in [-0.25, -0.2) is 0 Å². The summed E-state index contributed by atoms with van der Waals surface area (Å²) in [5.74, 6) is 0.212. The van der Waals surface area contributed by atoms with E-state index < -0.39 is 0 Å². The van der Waals surface area contributed by atoms with E-state index in [1.165, 1.54) is 0 Å². The van der Waals surface area contributed by atoms with E-state index in [4.69, 9.17) is 0 Å². The molecule has 0 spiro atoms. The number of amides is 1. The van der Waals surface area contributed by atoms with Crippen LogP contribution in [0.2, 0.25) is 0 Å². The third-order valence-electron chi connectivity index (χ3n) is 3.17. The van der Waals surface area contributed by atoms with Crippen molar-refractivity contribution in [2.75, 3.05) is 39.3 Å². The van der Waals surface area contributed by atoms with Crippen LogP contribution in [-0.4, -0.2) is 61.0 Å². The van der Waals surface area contributed by atoms with Gasteiger partial charge in [0.2, 0.25) is 5.91 Å². The first-order chi connectivity index (χ1) is 8.04. The fourth-order valence-corrected chi connectivity index (χ4v) is 2.09. The van der Waals surface area contributed by atoms with Gasteiger partial charge in [0.05, 0.1) is 6.54 Å². The molecule has 17 heavy (non-hydrogen) atoms. The van der Waals surface area contributed by atoms with Crippen molar-refractivity contribution in [2.24, 2.45) is 0 Å². The summed E-state index contributed by atoms with van der Waals surface area (Å²) in [7, 11) is 0. The highest BCUT2D eigenvalue weighted by Crippen LogP contribution is 2.04. The van der Waals surface area contributed by atoms with Crippen molar-refractivity contribution in [3.05, 3.63) is 12.2 Å². The Morgan fingerprint density at radius 3 is 2.82 bits per heavy atom. The van der Waals surface area contributed by atoms with Gasteiger partial charge >= 0.3 is 0 Å². The zero-order valence-corrected chi connectivity index (χ0v) is 11.3. The Morgan fingerprint density at radius 1 is 1.59 bits per heavy atom. The molecule has 1 rings (SSSR count). The number of rotatable bonds is 5. The summed E-state index contributed by atoms with van der Waals surface area (Å²) in [6, 6.07) is 0.441. The van der Waals surface area contributed by atoms with Crippen molar-refractivity contribution < 1.29 is 4.79 Å². The molecular weight excluding hydrogens is 214 g/mol. The van der Waals surface area contributed by atoms with Crippen molar-refractivity contribution in [1.29, 1.82) is 0 Å². The fourth-order valence-electron chi connectivity index (χ4n) is 2.09. The molecule has 0 aromatic heterocycles. The molecule has 1 N–H and O–H groups in total. The van der Waals surface area contributed by atoms with Gasteiger partial charge in [0, 0.05) is 38.8 Å². The quantitative estimate of drug-likeness (QED) is 0.718. The predicted octanol–water partition coefficient (Wildman–Crippen LogP) is 0.705. The van der Waals surface area contributed by atoms with Crippen molar-refractivity contribution in [1.82, 2.24) is 15.1 Å². The van der Waals surface area contributed by atoms with Crippen LogP contribution in [0.5, 0.6) is 0 Å². The molecule has 1 heterocycles. The Morgan fingerprint density at radius 2 is 2.29 bits per heavy atom. The lowest BCUT2D eigenvalue weighted by Crippen LogP contribution is -2.53. The highest BCUT2D eigenvalue weighted by atomic mass is 16.2. The Labute approximate surface area is 105 Å². The molecule has 1 amide bonds. The molecule has 1 fully saturated rings. The van der Waals surface area contributed by atoms with Crippen LogP contribution in [0.1, 0.15) is 20.8 Å². The van der Waals surface area contributed by atoms with Gasteiger partial charge < -0.3 is 10.2 Å². The Balaban J connectivity index is 2.47. The summed E-state index contributed by atoms with van der Waals surface area (Å²) >= 11 is 0. The molecule has 1 aliphatic heterocycles. The normalized spacial score (nSPS) is 21.2. The molecule has 0 aromatic carbocycles. The van der Waals surface area contributed by atoms with Crippen LogP contribution in [0.25, 0.3) is 0 Å². The lowest BCUT2D eigenvalue weighted by Gasteiger charge is -2.34. The van der Waals surface area contributed by atoms with Crippen molar-refractivity contribution in [3.63, 3.8) is 0 Å². The van der Waals surface area contributed by atoms with E-state index in [1.54, 1.807) is 0 Å². The van der Waals surface area contributed by atoms with Crippen LogP contribution in [0, 0.1) is 0 Å². The molecule has 1 saturated heterocycles. The maximum absolute atomic E-state index is 12.1. The van der Waals surface area contributed by atoms with Crippen LogP contribution in [0.15, 0.2) is 12.2 Å². The molecule has 0 radical (unpaired) electrons. The fraction of sp³-hybridized carbons (Fsp3) is 0.769. The number of likely N-dealkylation sites (N-methyl/N-ethyl adjacent to an activating group) is 1. The van der Waals surface area contributed by atoms with Gasteiger partial charge in [-0.2, -0.15) is 0 Å². The second-order valence-corrected chi connectivity index (χ2v) is 4.89. The summed E-state index contributed by atoms with van der Waals surface area (Å²) in [6.07, 6.45) is 0. The second kappa shape index (κ2) is 6.77. The highest BCUT2D eigenvalue weighted by molar-refractivity contribution is 5.78. The number of carbonyl (C=O) groups is 1. The number of hydrogen-bond donors (Lipinski definition) is 1. The maximum atomic E-state index is 12.1. The van der Waals surface area contributed by atoms with Crippen LogP contribution >= 0.6 is 0 Å². The summed E-state index contributed by atoms with van der Waals surface area (Å²) in [5, 5.41) is 3.33. The topological polar surface area (TPSA) is 35.6 Å². The molecule has 98 valence electrons. The first kappa shape index (κ1) is 14.2. The first-order valence-electron chi connectivity index (χ1n) is 6.41. The standard InChI is InChI=1S/C13H25N3O/c1-5-15(9-11(2)3)13(17)10-16-7-6-14-8-12(16)4/h12,14H,2,5-10H2,1,3-4H3/t12-/m0/s1. The third-order valence-corrected chi connectivity index (χ3v) is 3.17. The molecule has 0 aromatic rings. The molecule has 0 bridgehead atoms. The molecule has 0 unspecified atom stereocenters. The maximum Gasteiger partial charge on any atom is 0.237 e. The minimum atomic E-state index is 0.212. The number of nitrogens with zero attached hydrogens (tertiary/aromatic N) is 2. The van der Waals surface area contributed by atoms with E-state index in [2.05, 4.69) is 23.7 Å². The number of hydrogen-bond acceptors (Lipinski definition) is 3. The Kier molecular flexibility index (Phi) is 5.65. The zero-order chi connectivity index (χ0) is 12.8. The molecular formula is C13H25N3O. The Bertz CT molecular complexity index is 278. The minimum Gasteiger partial charge on any atom is -0.338 e. The van der Waals surface area contributed by atoms with Crippen LogP contribution in [0.4, 0.5) is 0 Å². The highest BCUT2D eigenvalue weighted by Gasteiger charge is 2.22. The molecule has 0 aliphatic carbocycles. The van der Waals surface area contributed by atoms with Crippen LogP contribution in [0.3, 0.4) is 0 Å². The smallest absolute Gasteiger partial charge is 0.237 e. The van der Waals surface area contributed by atoms with E-state index in [0.717, 1.165) is 31.8 Å². The minimum absolute atomic E-state index is 0.212. The predicted molar refractivity (Wildman–Crippen MR) is 71.0 cm³/mol. The SMILES string of the molecule is C=C(C)CN(CC)C(=O)CN1CCNC[C@@H]1C. The zero-order valence-electron chi connectivity index (χ0n) is 11.3. The molecule has 1 aliphatic rings. The monoisotopic (exact) mass is 239 g/mol. The van der Waals surface area contributed by atoms with Crippen LogP contribution in [-0.2, 0) is 4.79 Å². The van der Waals surface area contributed by atoms with Crippen molar-refractivity contribution >= 4 is 5.91 Å². The largest absolute Gasteiger partial charge is 0.338 e. The van der Waals surface area contributed by atoms with Gasteiger partial charge in [-0.05, 0) is 20.8 Å². The van der Waals surface area contributed by atoms with Gasteiger partial charge in [-0.3, -0.25) is 9.69 Å². The summed E-state index contributed by atoms with van der Waals surface area (Å²) < 4.78 is 0. The van der Waals surface area contributed by atoms with Gasteiger partial charge in [0.15, 0.2) is 0 Å². The number of carbonyl (C=O) groups excluding carboxylic acids is 1. The average molecular weight is 239 g/mol. The van der Waals surface area contributed by atoms with E-state index in [0.29, 0.717) is 19.1 Å². The van der Waals surface area contributed by atoms with Gasteiger partial charge in [0.1, 0.15) is 0 Å². The molecule has 4 heteroatoms. The second-order valence-electron chi connectivity index (χ2n) is 4.89. The summed E-state index contributed by atoms with van der Waals surface area (Å²) in [6.45, 7) is 14.9. The number of piperazine rings is 1. The van der Waals surface area contributed by atoms with Crippen LogP contribution < -0.4 is 5.32 Å². The van der Waals surface area contributed by atoms with Crippen molar-refractivity contribution in [3.8, 4) is 0 Å². The average Bonchev–Trinajstić information content (AvgIpc) is 2.28. The third kappa shape index (κ3) is 4.48. The Hall–Kier alpha value is -0.870. The van der Waals surface area contributed by atoms with E-state index in [9.17, 15) is 4.79 Å².